The Morgan fingerprint density at radius 2 is 1.95 bits per heavy atom. The lowest BCUT2D eigenvalue weighted by molar-refractivity contribution is -0.137. The summed E-state index contributed by atoms with van der Waals surface area (Å²) in [6.07, 6.45) is 3.31. The van der Waals surface area contributed by atoms with Crippen LogP contribution in [0.15, 0.2) is 30.5 Å². The van der Waals surface area contributed by atoms with Crippen molar-refractivity contribution in [3.8, 4) is 11.5 Å². The zero-order valence-corrected chi connectivity index (χ0v) is 12.0. The van der Waals surface area contributed by atoms with Gasteiger partial charge in [0, 0.05) is 6.42 Å². The maximum atomic E-state index is 11.0. The van der Waals surface area contributed by atoms with Crippen LogP contribution in [0.1, 0.15) is 12.5 Å². The second kappa shape index (κ2) is 8.85. The van der Waals surface area contributed by atoms with E-state index in [2.05, 4.69) is 0 Å². The monoisotopic (exact) mass is 280 g/mol. The molecule has 0 aliphatic rings. The van der Waals surface area contributed by atoms with E-state index in [-0.39, 0.29) is 0 Å². The Labute approximate surface area is 119 Å². The van der Waals surface area contributed by atoms with Crippen molar-refractivity contribution in [3.05, 3.63) is 36.1 Å². The van der Waals surface area contributed by atoms with Crippen LogP contribution in [0.25, 0.3) is 0 Å². The third kappa shape index (κ3) is 5.22. The van der Waals surface area contributed by atoms with Crippen molar-refractivity contribution in [1.29, 1.82) is 0 Å². The number of esters is 1. The van der Waals surface area contributed by atoms with Gasteiger partial charge in [-0.2, -0.15) is 0 Å². The quantitative estimate of drug-likeness (QED) is 0.316. The van der Waals surface area contributed by atoms with Crippen molar-refractivity contribution >= 4 is 5.97 Å². The Balaban J connectivity index is 2.40. The van der Waals surface area contributed by atoms with Gasteiger partial charge in [0.1, 0.15) is 0 Å². The van der Waals surface area contributed by atoms with E-state index in [4.69, 9.17) is 18.9 Å². The molecule has 0 saturated heterocycles. The van der Waals surface area contributed by atoms with E-state index >= 15 is 0 Å². The number of hydrogen-bond donors (Lipinski definition) is 0. The van der Waals surface area contributed by atoms with Crippen LogP contribution in [0, 0.1) is 0 Å². The van der Waals surface area contributed by atoms with Crippen LogP contribution in [-0.2, 0) is 20.7 Å². The summed E-state index contributed by atoms with van der Waals surface area (Å²) in [5.74, 6) is 0.977. The maximum absolute atomic E-state index is 11.0. The van der Waals surface area contributed by atoms with Crippen LogP contribution in [0.5, 0.6) is 11.5 Å². The first kappa shape index (κ1) is 15.9. The molecule has 0 bridgehead atoms. The molecule has 1 rings (SSSR count). The highest BCUT2D eigenvalue weighted by Crippen LogP contribution is 2.27. The van der Waals surface area contributed by atoms with Crippen LogP contribution < -0.4 is 9.47 Å². The molecule has 0 fully saturated rings. The van der Waals surface area contributed by atoms with Crippen molar-refractivity contribution in [3.63, 3.8) is 0 Å². The summed E-state index contributed by atoms with van der Waals surface area (Å²) in [6.45, 7) is 2.57. The summed E-state index contributed by atoms with van der Waals surface area (Å²) in [6, 6.07) is 5.69. The minimum atomic E-state index is -0.404. The van der Waals surface area contributed by atoms with Crippen LogP contribution in [0.3, 0.4) is 0 Å². The molecule has 20 heavy (non-hydrogen) atoms. The number of benzene rings is 1. The number of methoxy groups -OCH3 is 2. The minimum absolute atomic E-state index is 0.356. The van der Waals surface area contributed by atoms with Gasteiger partial charge in [-0.1, -0.05) is 6.07 Å². The SMILES string of the molecule is CCOC(=O)/C=C/OCCc1ccc(OC)c(OC)c1. The second-order valence-electron chi connectivity index (χ2n) is 3.86. The van der Waals surface area contributed by atoms with Gasteiger partial charge in [0.25, 0.3) is 0 Å². The van der Waals surface area contributed by atoms with Gasteiger partial charge < -0.3 is 18.9 Å². The fraction of sp³-hybridized carbons (Fsp3) is 0.400. The lowest BCUT2D eigenvalue weighted by Crippen LogP contribution is -2.00. The van der Waals surface area contributed by atoms with E-state index in [1.807, 2.05) is 18.2 Å². The minimum Gasteiger partial charge on any atom is -0.501 e. The highest BCUT2D eigenvalue weighted by molar-refractivity contribution is 5.81. The number of hydrogen-bond acceptors (Lipinski definition) is 5. The predicted octanol–water partition coefficient (Wildman–Crippen LogP) is 2.34. The summed E-state index contributed by atoms with van der Waals surface area (Å²) in [5, 5.41) is 0. The smallest absolute Gasteiger partial charge is 0.333 e. The lowest BCUT2D eigenvalue weighted by atomic mass is 10.1. The first-order valence-corrected chi connectivity index (χ1v) is 6.37. The summed E-state index contributed by atoms with van der Waals surface area (Å²) < 4.78 is 20.3. The molecule has 0 N–H and O–H groups in total. The number of ether oxygens (including phenoxy) is 4. The van der Waals surface area contributed by atoms with Gasteiger partial charge in [-0.25, -0.2) is 4.79 Å². The molecule has 0 radical (unpaired) electrons. The zero-order valence-electron chi connectivity index (χ0n) is 12.0. The Morgan fingerprint density at radius 1 is 1.20 bits per heavy atom. The third-order valence-corrected chi connectivity index (χ3v) is 2.54. The van der Waals surface area contributed by atoms with Gasteiger partial charge in [0.2, 0.25) is 0 Å². The topological polar surface area (TPSA) is 54.0 Å². The zero-order chi connectivity index (χ0) is 14.8. The fourth-order valence-electron chi connectivity index (χ4n) is 1.57. The van der Waals surface area contributed by atoms with E-state index in [0.717, 1.165) is 5.56 Å². The molecule has 0 unspecified atom stereocenters. The Bertz CT molecular complexity index is 454. The van der Waals surface area contributed by atoms with Gasteiger partial charge in [-0.3, -0.25) is 0 Å². The standard InChI is InChI=1S/C15H20O5/c1-4-20-15(16)8-10-19-9-7-12-5-6-13(17-2)14(11-12)18-3/h5-6,8,10-11H,4,7,9H2,1-3H3/b10-8+. The van der Waals surface area contributed by atoms with Crippen LogP contribution in [0.2, 0.25) is 0 Å². The molecular formula is C15H20O5. The Morgan fingerprint density at radius 3 is 2.60 bits per heavy atom. The molecule has 5 heteroatoms. The van der Waals surface area contributed by atoms with E-state index in [1.165, 1.54) is 12.3 Å². The molecule has 5 nitrogen and oxygen atoms in total. The van der Waals surface area contributed by atoms with E-state index in [1.54, 1.807) is 21.1 Å². The van der Waals surface area contributed by atoms with Crippen LogP contribution in [0.4, 0.5) is 0 Å². The highest BCUT2D eigenvalue weighted by atomic mass is 16.5. The molecule has 1 aromatic rings. The summed E-state index contributed by atoms with van der Waals surface area (Å²) >= 11 is 0. The van der Waals surface area contributed by atoms with Crippen LogP contribution in [-0.4, -0.2) is 33.4 Å². The average Bonchev–Trinajstić information content (AvgIpc) is 2.47. The number of carbonyl (C=O) groups excluding carboxylic acids is 1. The van der Waals surface area contributed by atoms with Crippen molar-refractivity contribution in [2.24, 2.45) is 0 Å². The van der Waals surface area contributed by atoms with E-state index in [0.29, 0.717) is 31.1 Å². The summed E-state index contributed by atoms with van der Waals surface area (Å²) in [5.41, 5.74) is 1.06. The first-order chi connectivity index (χ1) is 9.71. The molecule has 0 aromatic heterocycles. The predicted molar refractivity (Wildman–Crippen MR) is 75.0 cm³/mol. The molecule has 0 saturated carbocycles. The van der Waals surface area contributed by atoms with Gasteiger partial charge in [-0.05, 0) is 24.6 Å². The molecule has 0 aliphatic heterocycles. The maximum Gasteiger partial charge on any atom is 0.333 e. The summed E-state index contributed by atoms with van der Waals surface area (Å²) in [7, 11) is 3.20. The Kier molecular flexibility index (Phi) is 7.03. The third-order valence-electron chi connectivity index (χ3n) is 2.54. The van der Waals surface area contributed by atoms with Crippen molar-refractivity contribution < 1.29 is 23.7 Å². The first-order valence-electron chi connectivity index (χ1n) is 6.37. The average molecular weight is 280 g/mol. The largest absolute Gasteiger partial charge is 0.501 e. The molecule has 0 aliphatic carbocycles. The Hall–Kier alpha value is -2.17. The number of carbonyl (C=O) groups is 1. The van der Waals surface area contributed by atoms with Crippen LogP contribution >= 0.6 is 0 Å². The van der Waals surface area contributed by atoms with Gasteiger partial charge in [0.15, 0.2) is 11.5 Å². The highest BCUT2D eigenvalue weighted by Gasteiger charge is 2.04. The second-order valence-corrected chi connectivity index (χ2v) is 3.86. The molecular weight excluding hydrogens is 260 g/mol. The van der Waals surface area contributed by atoms with E-state index in [9.17, 15) is 4.79 Å². The molecule has 0 spiro atoms. The number of rotatable bonds is 8. The summed E-state index contributed by atoms with van der Waals surface area (Å²) in [4.78, 5) is 11.0. The molecule has 110 valence electrons. The van der Waals surface area contributed by atoms with Crippen molar-refractivity contribution in [2.45, 2.75) is 13.3 Å². The molecule has 0 heterocycles. The van der Waals surface area contributed by atoms with Gasteiger partial charge in [-0.15, -0.1) is 0 Å². The lowest BCUT2D eigenvalue weighted by Gasteiger charge is -2.09. The fourth-order valence-corrected chi connectivity index (χ4v) is 1.57. The van der Waals surface area contributed by atoms with Gasteiger partial charge in [0.05, 0.1) is 39.8 Å². The normalized spacial score (nSPS) is 10.3. The van der Waals surface area contributed by atoms with Crippen molar-refractivity contribution in [1.82, 2.24) is 0 Å². The molecule has 0 atom stereocenters. The molecule has 1 aromatic carbocycles. The van der Waals surface area contributed by atoms with Crippen molar-refractivity contribution in [2.75, 3.05) is 27.4 Å². The van der Waals surface area contributed by atoms with Gasteiger partial charge >= 0.3 is 5.97 Å². The molecule has 0 amide bonds. The van der Waals surface area contributed by atoms with E-state index < -0.39 is 5.97 Å².